The number of nitrogens with zero attached hydrogens (tertiary/aromatic N) is 1. The van der Waals surface area contributed by atoms with Crippen molar-refractivity contribution in [3.8, 4) is 0 Å². The Hall–Kier alpha value is -1.59. The molecule has 0 aromatic heterocycles. The van der Waals surface area contributed by atoms with Crippen molar-refractivity contribution in [2.45, 2.75) is 32.7 Å². The van der Waals surface area contributed by atoms with Crippen LogP contribution in [0.1, 0.15) is 26.7 Å². The number of hydrogen-bond donors (Lipinski definition) is 2. The first-order valence-electron chi connectivity index (χ1n) is 7.90. The van der Waals surface area contributed by atoms with Crippen LogP contribution in [0.4, 0.5) is 5.69 Å². The molecule has 1 heterocycles. The van der Waals surface area contributed by atoms with Gasteiger partial charge in [0, 0.05) is 17.3 Å². The first-order chi connectivity index (χ1) is 10.9. The number of rotatable bonds is 6. The summed E-state index contributed by atoms with van der Waals surface area (Å²) in [5.74, 6) is -0.832. The van der Waals surface area contributed by atoms with Gasteiger partial charge < -0.3 is 15.3 Å². The number of benzene rings is 1. The average molecular weight is 339 g/mol. The lowest BCUT2D eigenvalue weighted by Crippen LogP contribution is -2.44. The zero-order valence-electron chi connectivity index (χ0n) is 13.5. The fourth-order valence-corrected chi connectivity index (χ4v) is 2.98. The van der Waals surface area contributed by atoms with Gasteiger partial charge in [-0.05, 0) is 43.0 Å². The van der Waals surface area contributed by atoms with Crippen molar-refractivity contribution in [2.75, 3.05) is 18.1 Å². The third kappa shape index (κ3) is 4.45. The fourth-order valence-electron chi connectivity index (χ4n) is 2.85. The Morgan fingerprint density at radius 2 is 2.04 bits per heavy atom. The minimum Gasteiger partial charge on any atom is -0.394 e. The maximum Gasteiger partial charge on any atom is 0.239 e. The molecule has 0 bridgehead atoms. The SMILES string of the molecule is CC(C)CC(CO)NC(=O)C1CCN(c2ccc(Cl)cc2)C1=O. The average Bonchev–Trinajstić information content (AvgIpc) is 2.88. The van der Waals surface area contributed by atoms with Gasteiger partial charge in [-0.25, -0.2) is 0 Å². The quantitative estimate of drug-likeness (QED) is 0.781. The van der Waals surface area contributed by atoms with E-state index in [1.807, 2.05) is 13.8 Å². The molecule has 1 aromatic rings. The number of aliphatic hydroxyl groups excluding tert-OH is 1. The number of hydrogen-bond acceptors (Lipinski definition) is 3. The third-order valence-electron chi connectivity index (χ3n) is 3.98. The molecule has 1 saturated heterocycles. The van der Waals surface area contributed by atoms with Crippen LogP contribution < -0.4 is 10.2 Å². The molecular weight excluding hydrogens is 316 g/mol. The van der Waals surface area contributed by atoms with Gasteiger partial charge in [-0.15, -0.1) is 0 Å². The summed E-state index contributed by atoms with van der Waals surface area (Å²) in [5.41, 5.74) is 0.746. The zero-order valence-corrected chi connectivity index (χ0v) is 14.2. The predicted octanol–water partition coefficient (Wildman–Crippen LogP) is 2.22. The van der Waals surface area contributed by atoms with Crippen LogP contribution in [0.25, 0.3) is 0 Å². The Kier molecular flexibility index (Phi) is 6.02. The van der Waals surface area contributed by atoms with Crippen molar-refractivity contribution in [2.24, 2.45) is 11.8 Å². The molecule has 6 heteroatoms. The van der Waals surface area contributed by atoms with Gasteiger partial charge in [0.05, 0.1) is 12.6 Å². The summed E-state index contributed by atoms with van der Waals surface area (Å²) >= 11 is 5.86. The summed E-state index contributed by atoms with van der Waals surface area (Å²) in [5, 5.41) is 12.8. The topological polar surface area (TPSA) is 69.6 Å². The van der Waals surface area contributed by atoms with Gasteiger partial charge in [-0.3, -0.25) is 9.59 Å². The molecule has 0 radical (unpaired) electrons. The Bertz CT molecular complexity index is 559. The van der Waals surface area contributed by atoms with E-state index < -0.39 is 5.92 Å². The molecule has 126 valence electrons. The van der Waals surface area contributed by atoms with Crippen molar-refractivity contribution < 1.29 is 14.7 Å². The van der Waals surface area contributed by atoms with E-state index in [1.54, 1.807) is 29.2 Å². The van der Waals surface area contributed by atoms with E-state index in [4.69, 9.17) is 11.6 Å². The molecular formula is C17H23ClN2O3. The molecule has 1 aliphatic rings. The van der Waals surface area contributed by atoms with E-state index in [0.29, 0.717) is 30.3 Å². The Morgan fingerprint density at radius 3 is 2.61 bits per heavy atom. The molecule has 2 amide bonds. The second kappa shape index (κ2) is 7.79. The number of anilines is 1. The molecule has 1 fully saturated rings. The second-order valence-electron chi connectivity index (χ2n) is 6.33. The smallest absolute Gasteiger partial charge is 0.239 e. The molecule has 2 rings (SSSR count). The lowest BCUT2D eigenvalue weighted by Gasteiger charge is -2.20. The Balaban J connectivity index is 2.00. The van der Waals surface area contributed by atoms with E-state index in [9.17, 15) is 14.7 Å². The van der Waals surface area contributed by atoms with Crippen molar-refractivity contribution >= 4 is 29.1 Å². The molecule has 0 saturated carbocycles. The van der Waals surface area contributed by atoms with Crippen LogP contribution in [0.2, 0.25) is 5.02 Å². The van der Waals surface area contributed by atoms with Crippen molar-refractivity contribution in [3.05, 3.63) is 29.3 Å². The van der Waals surface area contributed by atoms with E-state index in [2.05, 4.69) is 5.32 Å². The van der Waals surface area contributed by atoms with Crippen LogP contribution in [-0.4, -0.2) is 36.1 Å². The monoisotopic (exact) mass is 338 g/mol. The molecule has 1 aromatic carbocycles. The van der Waals surface area contributed by atoms with E-state index in [-0.39, 0.29) is 24.5 Å². The molecule has 2 unspecified atom stereocenters. The highest BCUT2D eigenvalue weighted by Crippen LogP contribution is 2.26. The largest absolute Gasteiger partial charge is 0.394 e. The van der Waals surface area contributed by atoms with Crippen LogP contribution >= 0.6 is 11.6 Å². The number of halogens is 1. The molecule has 2 atom stereocenters. The Labute approximate surface area is 141 Å². The highest BCUT2D eigenvalue weighted by atomic mass is 35.5. The number of carbonyl (C=O) groups is 2. The first kappa shape index (κ1) is 17.8. The van der Waals surface area contributed by atoms with Gasteiger partial charge in [-0.1, -0.05) is 25.4 Å². The summed E-state index contributed by atoms with van der Waals surface area (Å²) in [6.07, 6.45) is 1.16. The maximum absolute atomic E-state index is 12.5. The summed E-state index contributed by atoms with van der Waals surface area (Å²) in [6.45, 7) is 4.44. The number of nitrogens with one attached hydrogen (secondary N) is 1. The van der Waals surface area contributed by atoms with E-state index in [0.717, 1.165) is 5.69 Å². The van der Waals surface area contributed by atoms with Gasteiger partial charge in [0.25, 0.3) is 0 Å². The molecule has 0 spiro atoms. The van der Waals surface area contributed by atoms with Gasteiger partial charge in [0.2, 0.25) is 11.8 Å². The first-order valence-corrected chi connectivity index (χ1v) is 8.28. The van der Waals surface area contributed by atoms with Gasteiger partial charge in [0.15, 0.2) is 0 Å². The minimum atomic E-state index is -0.688. The van der Waals surface area contributed by atoms with Crippen molar-refractivity contribution in [1.82, 2.24) is 5.32 Å². The van der Waals surface area contributed by atoms with Crippen LogP contribution in [0.5, 0.6) is 0 Å². The van der Waals surface area contributed by atoms with E-state index in [1.165, 1.54) is 0 Å². The standard InChI is InChI=1S/C17H23ClN2O3/c1-11(2)9-13(10-21)19-16(22)15-7-8-20(17(15)23)14-5-3-12(18)4-6-14/h3-6,11,13,15,21H,7-10H2,1-2H3,(H,19,22). The second-order valence-corrected chi connectivity index (χ2v) is 6.76. The maximum atomic E-state index is 12.5. The van der Waals surface area contributed by atoms with E-state index >= 15 is 0 Å². The molecule has 23 heavy (non-hydrogen) atoms. The summed E-state index contributed by atoms with van der Waals surface area (Å²) in [7, 11) is 0. The number of carbonyl (C=O) groups excluding carboxylic acids is 2. The zero-order chi connectivity index (χ0) is 17.0. The number of aliphatic hydroxyl groups is 1. The summed E-state index contributed by atoms with van der Waals surface area (Å²) in [4.78, 5) is 26.4. The third-order valence-corrected chi connectivity index (χ3v) is 4.23. The minimum absolute atomic E-state index is 0.119. The van der Waals surface area contributed by atoms with Crippen molar-refractivity contribution in [3.63, 3.8) is 0 Å². The lowest BCUT2D eigenvalue weighted by molar-refractivity contribution is -0.132. The molecule has 1 aliphatic heterocycles. The van der Waals surface area contributed by atoms with Gasteiger partial charge >= 0.3 is 0 Å². The van der Waals surface area contributed by atoms with Crippen LogP contribution in [0, 0.1) is 11.8 Å². The van der Waals surface area contributed by atoms with Gasteiger partial charge in [-0.2, -0.15) is 0 Å². The lowest BCUT2D eigenvalue weighted by atomic mass is 10.0. The van der Waals surface area contributed by atoms with Gasteiger partial charge in [0.1, 0.15) is 5.92 Å². The molecule has 2 N–H and O–H groups in total. The highest BCUT2D eigenvalue weighted by molar-refractivity contribution is 6.30. The van der Waals surface area contributed by atoms with Crippen LogP contribution in [0.3, 0.4) is 0 Å². The normalized spacial score (nSPS) is 19.3. The summed E-state index contributed by atoms with van der Waals surface area (Å²) < 4.78 is 0. The Morgan fingerprint density at radius 1 is 1.39 bits per heavy atom. The molecule has 5 nitrogen and oxygen atoms in total. The fraction of sp³-hybridized carbons (Fsp3) is 0.529. The van der Waals surface area contributed by atoms with Crippen LogP contribution in [-0.2, 0) is 9.59 Å². The van der Waals surface area contributed by atoms with Crippen LogP contribution in [0.15, 0.2) is 24.3 Å². The van der Waals surface area contributed by atoms with Crippen molar-refractivity contribution in [1.29, 1.82) is 0 Å². The highest BCUT2D eigenvalue weighted by Gasteiger charge is 2.38. The number of amides is 2. The predicted molar refractivity (Wildman–Crippen MR) is 90.4 cm³/mol. The molecule has 0 aliphatic carbocycles. The summed E-state index contributed by atoms with van der Waals surface area (Å²) in [6, 6.07) is 6.69.